The third-order valence-corrected chi connectivity index (χ3v) is 2.87. The van der Waals surface area contributed by atoms with Crippen molar-refractivity contribution in [1.29, 1.82) is 0 Å². The van der Waals surface area contributed by atoms with E-state index >= 15 is 0 Å². The lowest BCUT2D eigenvalue weighted by Gasteiger charge is -2.15. The molecular formula is C16H22FNO. The smallest absolute Gasteiger partial charge is 0.131 e. The molecule has 1 atom stereocenters. The summed E-state index contributed by atoms with van der Waals surface area (Å²) in [5.41, 5.74) is 0.671. The summed E-state index contributed by atoms with van der Waals surface area (Å²) in [5.74, 6) is 2.87. The average Bonchev–Trinajstić information content (AvgIpc) is 2.41. The Morgan fingerprint density at radius 3 is 2.89 bits per heavy atom. The van der Waals surface area contributed by atoms with Crippen LogP contribution >= 0.6 is 0 Å². The first-order valence-corrected chi connectivity index (χ1v) is 6.78. The lowest BCUT2D eigenvalue weighted by atomic mass is 10.1. The number of benzene rings is 1. The average molecular weight is 263 g/mol. The monoisotopic (exact) mass is 263 g/mol. The minimum absolute atomic E-state index is 0.00967. The highest BCUT2D eigenvalue weighted by Crippen LogP contribution is 2.22. The molecule has 0 saturated heterocycles. The number of hydrogen-bond donors (Lipinski definition) is 1. The van der Waals surface area contributed by atoms with Gasteiger partial charge in [0.25, 0.3) is 0 Å². The number of ether oxygens (including phenoxy) is 1. The van der Waals surface area contributed by atoms with Crippen LogP contribution in [0.2, 0.25) is 0 Å². The highest BCUT2D eigenvalue weighted by molar-refractivity contribution is 5.30. The second kappa shape index (κ2) is 8.55. The van der Waals surface area contributed by atoms with Crippen LogP contribution in [-0.4, -0.2) is 13.2 Å². The molecule has 0 fully saturated rings. The van der Waals surface area contributed by atoms with Gasteiger partial charge in [0.2, 0.25) is 0 Å². The molecule has 1 rings (SSSR count). The Balaban J connectivity index is 2.56. The summed E-state index contributed by atoms with van der Waals surface area (Å²) < 4.78 is 19.4. The van der Waals surface area contributed by atoms with Gasteiger partial charge in [-0.3, -0.25) is 0 Å². The van der Waals surface area contributed by atoms with Gasteiger partial charge in [0.15, 0.2) is 0 Å². The molecule has 0 saturated carbocycles. The van der Waals surface area contributed by atoms with Crippen molar-refractivity contribution < 1.29 is 9.13 Å². The van der Waals surface area contributed by atoms with Crippen LogP contribution < -0.4 is 10.1 Å². The van der Waals surface area contributed by atoms with E-state index in [1.165, 1.54) is 6.07 Å². The van der Waals surface area contributed by atoms with Crippen molar-refractivity contribution in [2.75, 3.05) is 13.2 Å². The van der Waals surface area contributed by atoms with E-state index in [9.17, 15) is 4.39 Å². The van der Waals surface area contributed by atoms with Crippen LogP contribution in [0.5, 0.6) is 5.75 Å². The summed E-state index contributed by atoms with van der Waals surface area (Å²) in [6.07, 6.45) is 7.65. The summed E-state index contributed by atoms with van der Waals surface area (Å²) in [7, 11) is 0. The molecule has 0 aliphatic rings. The van der Waals surface area contributed by atoms with Crippen molar-refractivity contribution in [2.24, 2.45) is 0 Å². The second-order valence-corrected chi connectivity index (χ2v) is 4.52. The van der Waals surface area contributed by atoms with Crippen molar-refractivity contribution >= 4 is 0 Å². The molecule has 1 aromatic rings. The number of hydrogen-bond acceptors (Lipinski definition) is 2. The molecule has 2 nitrogen and oxygen atoms in total. The van der Waals surface area contributed by atoms with E-state index in [1.807, 2.05) is 6.92 Å². The molecule has 0 aromatic heterocycles. The molecule has 104 valence electrons. The maximum Gasteiger partial charge on any atom is 0.131 e. The van der Waals surface area contributed by atoms with Gasteiger partial charge in [-0.25, -0.2) is 4.39 Å². The maximum absolute atomic E-state index is 14.0. The zero-order valence-electron chi connectivity index (χ0n) is 11.7. The zero-order chi connectivity index (χ0) is 14.1. The van der Waals surface area contributed by atoms with Crippen LogP contribution in [0.3, 0.4) is 0 Å². The van der Waals surface area contributed by atoms with Gasteiger partial charge in [-0.1, -0.05) is 13.0 Å². The van der Waals surface area contributed by atoms with Gasteiger partial charge >= 0.3 is 0 Å². The van der Waals surface area contributed by atoms with Crippen molar-refractivity contribution in [2.45, 2.75) is 39.2 Å². The molecule has 19 heavy (non-hydrogen) atoms. The predicted molar refractivity (Wildman–Crippen MR) is 76.7 cm³/mol. The highest BCUT2D eigenvalue weighted by atomic mass is 19.1. The molecule has 1 unspecified atom stereocenters. The molecule has 0 radical (unpaired) electrons. The van der Waals surface area contributed by atoms with E-state index in [4.69, 9.17) is 11.2 Å². The molecule has 0 bridgehead atoms. The van der Waals surface area contributed by atoms with Crippen molar-refractivity contribution in [1.82, 2.24) is 5.32 Å². The van der Waals surface area contributed by atoms with Crippen molar-refractivity contribution in [3.63, 3.8) is 0 Å². The number of halogens is 1. The topological polar surface area (TPSA) is 21.3 Å². The van der Waals surface area contributed by atoms with E-state index in [0.29, 0.717) is 24.3 Å². The predicted octanol–water partition coefficient (Wildman–Crippen LogP) is 3.68. The molecule has 1 aromatic carbocycles. The van der Waals surface area contributed by atoms with E-state index in [0.717, 1.165) is 19.4 Å². The normalized spacial score (nSPS) is 11.9. The Kier molecular flexibility index (Phi) is 6.99. The fourth-order valence-electron chi connectivity index (χ4n) is 1.78. The highest BCUT2D eigenvalue weighted by Gasteiger charge is 2.10. The maximum atomic E-state index is 14.0. The Hall–Kier alpha value is -1.53. The lowest BCUT2D eigenvalue weighted by molar-refractivity contribution is 0.311. The zero-order valence-corrected chi connectivity index (χ0v) is 11.7. The van der Waals surface area contributed by atoms with Gasteiger partial charge in [-0.05, 0) is 32.4 Å². The third kappa shape index (κ3) is 5.32. The van der Waals surface area contributed by atoms with Crippen LogP contribution in [0.25, 0.3) is 0 Å². The first kappa shape index (κ1) is 15.5. The van der Waals surface area contributed by atoms with Crippen molar-refractivity contribution in [3.05, 3.63) is 29.6 Å². The minimum atomic E-state index is -0.231. The number of unbranched alkanes of at least 4 members (excludes halogenated alkanes) is 1. The van der Waals surface area contributed by atoms with Gasteiger partial charge < -0.3 is 10.1 Å². The summed E-state index contributed by atoms with van der Waals surface area (Å²) in [4.78, 5) is 0. The fraction of sp³-hybridized carbons (Fsp3) is 0.500. The summed E-state index contributed by atoms with van der Waals surface area (Å²) in [6.45, 7) is 5.45. The van der Waals surface area contributed by atoms with E-state index in [-0.39, 0.29) is 11.9 Å². The summed E-state index contributed by atoms with van der Waals surface area (Å²) in [5, 5.41) is 3.27. The van der Waals surface area contributed by atoms with Crippen LogP contribution in [0.15, 0.2) is 18.2 Å². The number of rotatable bonds is 8. The molecule has 3 heteroatoms. The Morgan fingerprint density at radius 2 is 2.26 bits per heavy atom. The molecule has 1 N–H and O–H groups in total. The first-order chi connectivity index (χ1) is 9.19. The summed E-state index contributed by atoms with van der Waals surface area (Å²) >= 11 is 0. The van der Waals surface area contributed by atoms with Gasteiger partial charge in [-0.15, -0.1) is 12.3 Å². The lowest BCUT2D eigenvalue weighted by Crippen LogP contribution is -2.20. The third-order valence-electron chi connectivity index (χ3n) is 2.87. The molecular weight excluding hydrogens is 241 g/mol. The van der Waals surface area contributed by atoms with Gasteiger partial charge in [-0.2, -0.15) is 0 Å². The van der Waals surface area contributed by atoms with Crippen LogP contribution in [0.1, 0.15) is 44.7 Å². The number of terminal acetylenes is 1. The fourth-order valence-corrected chi connectivity index (χ4v) is 1.78. The van der Waals surface area contributed by atoms with Gasteiger partial charge in [0.1, 0.15) is 11.6 Å². The molecule has 0 heterocycles. The second-order valence-electron chi connectivity index (χ2n) is 4.52. The summed E-state index contributed by atoms with van der Waals surface area (Å²) in [6, 6.07) is 5.03. The van der Waals surface area contributed by atoms with Crippen molar-refractivity contribution in [3.8, 4) is 18.1 Å². The van der Waals surface area contributed by atoms with Crippen LogP contribution in [0, 0.1) is 18.2 Å². The first-order valence-electron chi connectivity index (χ1n) is 6.78. The molecule has 0 aliphatic heterocycles. The Bertz CT molecular complexity index is 425. The minimum Gasteiger partial charge on any atom is -0.493 e. The van der Waals surface area contributed by atoms with Crippen LogP contribution in [-0.2, 0) is 0 Å². The molecule has 0 aliphatic carbocycles. The standard InChI is InChI=1S/C16H22FNO/c1-4-6-7-11-19-14-8-9-15(16(17)12-14)13(3)18-10-5-2/h1,8-9,12-13,18H,5-7,10-11H2,2-3H3. The van der Waals surface area contributed by atoms with E-state index in [1.54, 1.807) is 12.1 Å². The van der Waals surface area contributed by atoms with Crippen LogP contribution in [0.4, 0.5) is 4.39 Å². The molecule has 0 amide bonds. The Labute approximate surface area is 115 Å². The number of nitrogens with one attached hydrogen (secondary N) is 1. The molecule has 0 spiro atoms. The largest absolute Gasteiger partial charge is 0.493 e. The SMILES string of the molecule is C#CCCCOc1ccc(C(C)NCCC)c(F)c1. The van der Waals surface area contributed by atoms with Gasteiger partial charge in [0.05, 0.1) is 6.61 Å². The quantitative estimate of drug-likeness (QED) is 0.570. The van der Waals surface area contributed by atoms with E-state index in [2.05, 4.69) is 18.2 Å². The Morgan fingerprint density at radius 1 is 1.47 bits per heavy atom. The van der Waals surface area contributed by atoms with Gasteiger partial charge in [0, 0.05) is 24.1 Å². The van der Waals surface area contributed by atoms with E-state index < -0.39 is 0 Å².